The van der Waals surface area contributed by atoms with Gasteiger partial charge in [0.15, 0.2) is 5.58 Å². The van der Waals surface area contributed by atoms with Gasteiger partial charge in [-0.15, -0.1) is 0 Å². The Hall–Kier alpha value is -6.58. The number of aromatic nitrogens is 2. The van der Waals surface area contributed by atoms with E-state index in [2.05, 4.69) is 181 Å². The molecule has 0 amide bonds. The summed E-state index contributed by atoms with van der Waals surface area (Å²) in [5, 5.41) is 6.16. The van der Waals surface area contributed by atoms with Crippen LogP contribution in [0.25, 0.3) is 94.3 Å². The Morgan fingerprint density at radius 2 is 1.19 bits per heavy atom. The SMILES string of the molecule is CC1(C)c2ccccc2-c2cc3c4ccc(-c5ccc6c(c5)c5ccc7c8c(oc7c5n6-c5ccccc5)CCC=C8)cc4n(-c4ccccc4)c3cc21. The molecule has 2 aliphatic carbocycles. The third-order valence-electron chi connectivity index (χ3n) is 12.4. The second-order valence-electron chi connectivity index (χ2n) is 15.6. The van der Waals surface area contributed by atoms with Gasteiger partial charge < -0.3 is 13.6 Å². The monoisotopic (exact) mass is 692 g/mol. The first kappa shape index (κ1) is 29.9. The predicted molar refractivity (Wildman–Crippen MR) is 225 cm³/mol. The Bertz CT molecular complexity index is 3220. The van der Waals surface area contributed by atoms with E-state index >= 15 is 0 Å². The molecule has 2 aliphatic rings. The second kappa shape index (κ2) is 10.7. The molecule has 0 aliphatic heterocycles. The van der Waals surface area contributed by atoms with Crippen LogP contribution in [0.2, 0.25) is 0 Å². The number of allylic oxidation sites excluding steroid dienone is 1. The van der Waals surface area contributed by atoms with E-state index in [1.807, 2.05) is 0 Å². The number of fused-ring (bicyclic) bond motifs is 13. The Balaban J connectivity index is 1.11. The average molecular weight is 693 g/mol. The Kier molecular flexibility index (Phi) is 5.96. The summed E-state index contributed by atoms with van der Waals surface area (Å²) in [6.45, 7) is 4.73. The van der Waals surface area contributed by atoms with Gasteiger partial charge in [-0.2, -0.15) is 0 Å². The van der Waals surface area contributed by atoms with Crippen molar-refractivity contribution in [2.24, 2.45) is 0 Å². The summed E-state index contributed by atoms with van der Waals surface area (Å²) >= 11 is 0. The van der Waals surface area contributed by atoms with Crippen LogP contribution in [-0.2, 0) is 11.8 Å². The van der Waals surface area contributed by atoms with E-state index in [9.17, 15) is 0 Å². The summed E-state index contributed by atoms with van der Waals surface area (Å²) in [6, 6.07) is 54.0. The minimum absolute atomic E-state index is 0.0746. The van der Waals surface area contributed by atoms with Crippen molar-refractivity contribution in [1.82, 2.24) is 9.13 Å². The Morgan fingerprint density at radius 1 is 0.519 bits per heavy atom. The van der Waals surface area contributed by atoms with Crippen LogP contribution < -0.4 is 0 Å². The highest BCUT2D eigenvalue weighted by Gasteiger charge is 2.36. The van der Waals surface area contributed by atoms with Gasteiger partial charge in [-0.3, -0.25) is 0 Å². The molecule has 0 saturated heterocycles. The van der Waals surface area contributed by atoms with Crippen molar-refractivity contribution in [3.8, 4) is 33.6 Å². The molecule has 0 radical (unpaired) electrons. The number of hydrogen-bond donors (Lipinski definition) is 0. The lowest BCUT2D eigenvalue weighted by Crippen LogP contribution is -2.14. The van der Waals surface area contributed by atoms with E-state index in [4.69, 9.17) is 4.42 Å². The van der Waals surface area contributed by atoms with Gasteiger partial charge in [0.2, 0.25) is 0 Å². The highest BCUT2D eigenvalue weighted by Crippen LogP contribution is 2.51. The fourth-order valence-corrected chi connectivity index (χ4v) is 9.78. The summed E-state index contributed by atoms with van der Waals surface area (Å²) in [6.07, 6.45) is 6.46. The molecule has 0 bridgehead atoms. The molecule has 0 N–H and O–H groups in total. The van der Waals surface area contributed by atoms with E-state index in [1.54, 1.807) is 0 Å². The van der Waals surface area contributed by atoms with Gasteiger partial charge >= 0.3 is 0 Å². The predicted octanol–water partition coefficient (Wildman–Crippen LogP) is 13.6. The maximum atomic E-state index is 6.73. The third kappa shape index (κ3) is 3.96. The molecule has 0 saturated carbocycles. The number of benzene rings is 7. The number of aryl methyl sites for hydroxylation is 1. The number of nitrogens with zero attached hydrogens (tertiary/aromatic N) is 2. The largest absolute Gasteiger partial charge is 0.458 e. The van der Waals surface area contributed by atoms with Crippen molar-refractivity contribution in [2.45, 2.75) is 32.1 Å². The maximum Gasteiger partial charge on any atom is 0.159 e. The lowest BCUT2D eigenvalue weighted by atomic mass is 9.82. The first-order chi connectivity index (χ1) is 26.5. The van der Waals surface area contributed by atoms with Crippen LogP contribution >= 0.6 is 0 Å². The summed E-state index contributed by atoms with van der Waals surface area (Å²) in [5.74, 6) is 1.09. The zero-order valence-electron chi connectivity index (χ0n) is 30.2. The number of para-hydroxylation sites is 2. The molecule has 3 heteroatoms. The van der Waals surface area contributed by atoms with Gasteiger partial charge in [-0.25, -0.2) is 0 Å². The molecule has 10 aromatic rings. The minimum atomic E-state index is -0.0746. The molecule has 7 aromatic carbocycles. The van der Waals surface area contributed by atoms with Crippen LogP contribution in [0.15, 0.2) is 156 Å². The lowest BCUT2D eigenvalue weighted by molar-refractivity contribution is 0.548. The van der Waals surface area contributed by atoms with Gasteiger partial charge in [0.05, 0.1) is 22.1 Å². The number of furan rings is 1. The van der Waals surface area contributed by atoms with Crippen LogP contribution in [0.3, 0.4) is 0 Å². The Labute approximate surface area is 313 Å². The zero-order chi connectivity index (χ0) is 35.7. The van der Waals surface area contributed by atoms with Crippen molar-refractivity contribution >= 4 is 60.7 Å². The summed E-state index contributed by atoms with van der Waals surface area (Å²) < 4.78 is 11.6. The normalized spacial score (nSPS) is 14.4. The molecule has 0 atom stereocenters. The van der Waals surface area contributed by atoms with Crippen molar-refractivity contribution in [3.63, 3.8) is 0 Å². The van der Waals surface area contributed by atoms with Crippen molar-refractivity contribution in [1.29, 1.82) is 0 Å². The number of rotatable bonds is 3. The molecule has 0 fully saturated rings. The summed E-state index contributed by atoms with van der Waals surface area (Å²) in [4.78, 5) is 0. The van der Waals surface area contributed by atoms with Crippen molar-refractivity contribution < 1.29 is 4.42 Å². The molecular weight excluding hydrogens is 657 g/mol. The van der Waals surface area contributed by atoms with E-state index in [1.165, 1.54) is 88.1 Å². The van der Waals surface area contributed by atoms with Crippen LogP contribution in [-0.4, -0.2) is 9.13 Å². The van der Waals surface area contributed by atoms with Gasteiger partial charge in [0.25, 0.3) is 0 Å². The maximum absolute atomic E-state index is 6.73. The molecule has 0 unspecified atom stereocenters. The fourth-order valence-electron chi connectivity index (χ4n) is 9.78. The van der Waals surface area contributed by atoms with E-state index in [-0.39, 0.29) is 5.41 Å². The average Bonchev–Trinajstić information content (AvgIpc) is 3.92. The molecule has 54 heavy (non-hydrogen) atoms. The van der Waals surface area contributed by atoms with Gasteiger partial charge in [0, 0.05) is 55.7 Å². The smallest absolute Gasteiger partial charge is 0.159 e. The van der Waals surface area contributed by atoms with Crippen molar-refractivity contribution in [3.05, 3.63) is 174 Å². The minimum Gasteiger partial charge on any atom is -0.458 e. The molecule has 3 aromatic heterocycles. The molecule has 0 spiro atoms. The van der Waals surface area contributed by atoms with E-state index in [0.29, 0.717) is 0 Å². The first-order valence-electron chi connectivity index (χ1n) is 19.1. The first-order valence-corrected chi connectivity index (χ1v) is 19.1. The topological polar surface area (TPSA) is 23.0 Å². The van der Waals surface area contributed by atoms with Crippen LogP contribution in [0, 0.1) is 0 Å². The summed E-state index contributed by atoms with van der Waals surface area (Å²) in [5.41, 5.74) is 17.1. The third-order valence-corrected chi connectivity index (χ3v) is 12.4. The van der Waals surface area contributed by atoms with Crippen molar-refractivity contribution in [2.75, 3.05) is 0 Å². The fraction of sp³-hybridized carbons (Fsp3) is 0.0980. The molecule has 256 valence electrons. The van der Waals surface area contributed by atoms with E-state index < -0.39 is 0 Å². The Morgan fingerprint density at radius 3 is 2.02 bits per heavy atom. The second-order valence-corrected chi connectivity index (χ2v) is 15.6. The lowest BCUT2D eigenvalue weighted by Gasteiger charge is -2.21. The number of hydrogen-bond acceptors (Lipinski definition) is 1. The molecule has 12 rings (SSSR count). The van der Waals surface area contributed by atoms with Crippen LogP contribution in [0.1, 0.15) is 42.7 Å². The highest BCUT2D eigenvalue weighted by atomic mass is 16.3. The molecular formula is C51H36N2O. The molecule has 3 heterocycles. The van der Waals surface area contributed by atoms with Gasteiger partial charge in [-0.1, -0.05) is 111 Å². The van der Waals surface area contributed by atoms with E-state index in [0.717, 1.165) is 35.4 Å². The standard InChI is InChI=1S/C51H36N2O/c1-51(2)43-19-11-9-17-35(43)40-29-42-36-23-21-32(28-46(36)52(47(42)30-44(40)51)33-13-5-3-6-14-33)31-22-26-45-41(27-31)38-24-25-39-37-18-10-12-20-48(37)54-50(39)49(38)53(45)34-15-7-4-8-16-34/h3-11,13-19,21-30H,12,20H2,1-2H3. The van der Waals surface area contributed by atoms with Gasteiger partial charge in [0.1, 0.15) is 5.76 Å². The van der Waals surface area contributed by atoms with Crippen LogP contribution in [0.5, 0.6) is 0 Å². The summed E-state index contributed by atoms with van der Waals surface area (Å²) in [7, 11) is 0. The van der Waals surface area contributed by atoms with Gasteiger partial charge in [-0.05, 0) is 100 Å². The van der Waals surface area contributed by atoms with Crippen LogP contribution in [0.4, 0.5) is 0 Å². The molecule has 3 nitrogen and oxygen atoms in total. The quantitative estimate of drug-likeness (QED) is 0.181. The highest BCUT2D eigenvalue weighted by molar-refractivity contribution is 6.19. The zero-order valence-corrected chi connectivity index (χ0v) is 30.2.